The molecule has 0 aliphatic carbocycles. The van der Waals surface area contributed by atoms with Crippen molar-refractivity contribution in [3.8, 4) is 11.5 Å². The molecule has 2 aromatic carbocycles. The molecule has 5 nitrogen and oxygen atoms in total. The van der Waals surface area contributed by atoms with Crippen molar-refractivity contribution in [3.63, 3.8) is 0 Å². The Labute approximate surface area is 162 Å². The molecule has 4 rings (SSSR count). The lowest BCUT2D eigenvalue weighted by Crippen LogP contribution is -2.26. The lowest BCUT2D eigenvalue weighted by atomic mass is 10.2. The van der Waals surface area contributed by atoms with Gasteiger partial charge in [0.05, 0.1) is 0 Å². The van der Waals surface area contributed by atoms with E-state index in [0.29, 0.717) is 24.5 Å². The largest absolute Gasteiger partial charge is 0.454 e. The Bertz CT molecular complexity index is 1030. The van der Waals surface area contributed by atoms with Crippen LogP contribution in [-0.4, -0.2) is 17.3 Å². The first-order chi connectivity index (χ1) is 13.5. The molecule has 0 saturated carbocycles. The van der Waals surface area contributed by atoms with E-state index in [4.69, 9.17) is 9.47 Å². The average molecular weight is 380 g/mol. The molecule has 0 unspecified atom stereocenters. The quantitative estimate of drug-likeness (QED) is 0.729. The zero-order chi connectivity index (χ0) is 19.7. The SMILES string of the molecule is Cc1cc(C)n(Cc2ccc(F)cc2)c1C(=O)NCc1ccc2c(c1)OCO2. The summed E-state index contributed by atoms with van der Waals surface area (Å²) >= 11 is 0. The Kier molecular flexibility index (Phi) is 4.77. The van der Waals surface area contributed by atoms with Crippen LogP contribution in [0.5, 0.6) is 11.5 Å². The topological polar surface area (TPSA) is 52.5 Å². The molecule has 0 radical (unpaired) electrons. The normalized spacial score (nSPS) is 12.2. The number of hydrogen-bond acceptors (Lipinski definition) is 3. The number of carbonyl (C=O) groups excluding carboxylic acids is 1. The van der Waals surface area contributed by atoms with E-state index in [-0.39, 0.29) is 18.5 Å². The second-order valence-corrected chi connectivity index (χ2v) is 6.90. The minimum absolute atomic E-state index is 0.148. The number of carbonyl (C=O) groups is 1. The number of fused-ring (bicyclic) bond motifs is 1. The molecule has 0 saturated heterocycles. The van der Waals surface area contributed by atoms with Gasteiger partial charge in [-0.15, -0.1) is 0 Å². The van der Waals surface area contributed by atoms with Crippen LogP contribution in [0.2, 0.25) is 0 Å². The molecule has 1 N–H and O–H groups in total. The van der Waals surface area contributed by atoms with E-state index >= 15 is 0 Å². The van der Waals surface area contributed by atoms with Crippen LogP contribution in [0.3, 0.4) is 0 Å². The van der Waals surface area contributed by atoms with Crippen molar-refractivity contribution in [2.75, 3.05) is 6.79 Å². The number of aryl methyl sites for hydroxylation is 2. The van der Waals surface area contributed by atoms with Crippen LogP contribution in [0.15, 0.2) is 48.5 Å². The number of halogens is 1. The first-order valence-electron chi connectivity index (χ1n) is 9.09. The summed E-state index contributed by atoms with van der Waals surface area (Å²) < 4.78 is 25.8. The lowest BCUT2D eigenvalue weighted by molar-refractivity contribution is 0.0941. The van der Waals surface area contributed by atoms with Gasteiger partial charge in [0.2, 0.25) is 6.79 Å². The Morgan fingerprint density at radius 1 is 1.04 bits per heavy atom. The zero-order valence-electron chi connectivity index (χ0n) is 15.8. The molecule has 3 aromatic rings. The van der Waals surface area contributed by atoms with E-state index in [2.05, 4.69) is 5.32 Å². The van der Waals surface area contributed by atoms with Crippen LogP contribution in [0.25, 0.3) is 0 Å². The molecule has 144 valence electrons. The molecule has 28 heavy (non-hydrogen) atoms. The third kappa shape index (κ3) is 3.58. The molecular weight excluding hydrogens is 359 g/mol. The van der Waals surface area contributed by atoms with E-state index < -0.39 is 0 Å². The van der Waals surface area contributed by atoms with E-state index in [1.54, 1.807) is 12.1 Å². The number of nitrogens with one attached hydrogen (secondary N) is 1. The summed E-state index contributed by atoms with van der Waals surface area (Å²) in [5, 5.41) is 2.98. The number of rotatable bonds is 5. The number of nitrogens with zero attached hydrogens (tertiary/aromatic N) is 1. The fourth-order valence-electron chi connectivity index (χ4n) is 3.44. The van der Waals surface area contributed by atoms with Gasteiger partial charge in [-0.3, -0.25) is 4.79 Å². The standard InChI is InChI=1S/C22H21FN2O3/c1-14-9-15(2)25(12-16-3-6-18(23)7-4-16)21(14)22(26)24-11-17-5-8-19-20(10-17)28-13-27-19/h3-10H,11-13H2,1-2H3,(H,24,26). The van der Waals surface area contributed by atoms with Gasteiger partial charge in [-0.1, -0.05) is 18.2 Å². The predicted octanol–water partition coefficient (Wildman–Crippen LogP) is 3.95. The minimum Gasteiger partial charge on any atom is -0.454 e. The van der Waals surface area contributed by atoms with Gasteiger partial charge >= 0.3 is 0 Å². The predicted molar refractivity (Wildman–Crippen MR) is 103 cm³/mol. The van der Waals surface area contributed by atoms with Crippen LogP contribution in [-0.2, 0) is 13.1 Å². The number of hydrogen-bond donors (Lipinski definition) is 1. The fraction of sp³-hybridized carbons (Fsp3) is 0.227. The highest BCUT2D eigenvalue weighted by molar-refractivity contribution is 5.94. The minimum atomic E-state index is -0.272. The van der Waals surface area contributed by atoms with Crippen molar-refractivity contribution >= 4 is 5.91 Å². The Balaban J connectivity index is 1.51. The molecule has 0 spiro atoms. The van der Waals surface area contributed by atoms with Crippen molar-refractivity contribution < 1.29 is 18.7 Å². The van der Waals surface area contributed by atoms with Crippen molar-refractivity contribution in [1.82, 2.24) is 9.88 Å². The van der Waals surface area contributed by atoms with Gasteiger partial charge in [0, 0.05) is 18.8 Å². The van der Waals surface area contributed by atoms with Crippen molar-refractivity contribution in [3.05, 3.63) is 82.4 Å². The smallest absolute Gasteiger partial charge is 0.268 e. The Hall–Kier alpha value is -3.28. The van der Waals surface area contributed by atoms with Gasteiger partial charge in [0.1, 0.15) is 11.5 Å². The lowest BCUT2D eigenvalue weighted by Gasteiger charge is -2.13. The molecule has 0 fully saturated rings. The highest BCUT2D eigenvalue weighted by Gasteiger charge is 2.18. The van der Waals surface area contributed by atoms with E-state index in [1.165, 1.54) is 12.1 Å². The van der Waals surface area contributed by atoms with Crippen molar-refractivity contribution in [2.45, 2.75) is 26.9 Å². The highest BCUT2D eigenvalue weighted by atomic mass is 19.1. The van der Waals surface area contributed by atoms with Gasteiger partial charge in [0.25, 0.3) is 5.91 Å². The summed E-state index contributed by atoms with van der Waals surface area (Å²) in [6.45, 7) is 5.00. The molecule has 1 aromatic heterocycles. The van der Waals surface area contributed by atoms with Crippen LogP contribution in [0.1, 0.15) is 32.9 Å². The first kappa shape index (κ1) is 18.1. The molecule has 0 bridgehead atoms. The van der Waals surface area contributed by atoms with E-state index in [1.807, 2.05) is 42.7 Å². The van der Waals surface area contributed by atoms with Crippen molar-refractivity contribution in [2.24, 2.45) is 0 Å². The van der Waals surface area contributed by atoms with E-state index in [0.717, 1.165) is 28.1 Å². The summed E-state index contributed by atoms with van der Waals surface area (Å²) in [6, 6.07) is 13.9. The van der Waals surface area contributed by atoms with Gasteiger partial charge < -0.3 is 19.4 Å². The molecular formula is C22H21FN2O3. The van der Waals surface area contributed by atoms with Crippen LogP contribution in [0.4, 0.5) is 4.39 Å². The zero-order valence-corrected chi connectivity index (χ0v) is 15.8. The maximum atomic E-state index is 13.2. The monoisotopic (exact) mass is 380 g/mol. The summed E-state index contributed by atoms with van der Waals surface area (Å²) in [5.41, 5.74) is 4.37. The summed E-state index contributed by atoms with van der Waals surface area (Å²) in [5.74, 6) is 0.990. The molecule has 1 amide bonds. The average Bonchev–Trinajstić information content (AvgIpc) is 3.25. The number of benzene rings is 2. The molecule has 0 atom stereocenters. The number of ether oxygens (including phenoxy) is 2. The summed E-state index contributed by atoms with van der Waals surface area (Å²) in [7, 11) is 0. The first-order valence-corrected chi connectivity index (χ1v) is 9.09. The third-order valence-electron chi connectivity index (χ3n) is 4.85. The fourth-order valence-corrected chi connectivity index (χ4v) is 3.44. The van der Waals surface area contributed by atoms with Crippen molar-refractivity contribution in [1.29, 1.82) is 0 Å². The molecule has 1 aliphatic rings. The highest BCUT2D eigenvalue weighted by Crippen LogP contribution is 2.32. The number of amides is 1. The van der Waals surface area contributed by atoms with E-state index in [9.17, 15) is 9.18 Å². The van der Waals surface area contributed by atoms with Gasteiger partial charge in [-0.25, -0.2) is 4.39 Å². The second kappa shape index (κ2) is 7.38. The molecule has 1 aliphatic heterocycles. The summed E-state index contributed by atoms with van der Waals surface area (Å²) in [6.07, 6.45) is 0. The van der Waals surface area contributed by atoms with Crippen LogP contribution >= 0.6 is 0 Å². The maximum Gasteiger partial charge on any atom is 0.268 e. The Morgan fingerprint density at radius 3 is 2.54 bits per heavy atom. The van der Waals surface area contributed by atoms with Gasteiger partial charge in [0.15, 0.2) is 11.5 Å². The Morgan fingerprint density at radius 2 is 1.75 bits per heavy atom. The van der Waals surface area contributed by atoms with Crippen LogP contribution in [0, 0.1) is 19.7 Å². The van der Waals surface area contributed by atoms with Crippen LogP contribution < -0.4 is 14.8 Å². The van der Waals surface area contributed by atoms with Gasteiger partial charge in [-0.05, 0) is 60.9 Å². The second-order valence-electron chi connectivity index (χ2n) is 6.90. The number of aromatic nitrogens is 1. The molecule has 6 heteroatoms. The maximum absolute atomic E-state index is 13.2. The molecule has 2 heterocycles. The third-order valence-corrected chi connectivity index (χ3v) is 4.85. The summed E-state index contributed by atoms with van der Waals surface area (Å²) in [4.78, 5) is 12.9. The van der Waals surface area contributed by atoms with Gasteiger partial charge in [-0.2, -0.15) is 0 Å².